The van der Waals surface area contributed by atoms with Crippen molar-refractivity contribution in [2.24, 2.45) is 5.73 Å². The molecule has 94 valence electrons. The van der Waals surface area contributed by atoms with Crippen LogP contribution in [0.3, 0.4) is 0 Å². The highest BCUT2D eigenvalue weighted by atomic mass is 16.6. The van der Waals surface area contributed by atoms with E-state index >= 15 is 0 Å². The van der Waals surface area contributed by atoms with E-state index in [0.29, 0.717) is 0 Å². The first-order valence-electron chi connectivity index (χ1n) is 4.52. The summed E-state index contributed by atoms with van der Waals surface area (Å²) < 4.78 is 0. The van der Waals surface area contributed by atoms with Gasteiger partial charge in [0, 0.05) is 6.42 Å². The van der Waals surface area contributed by atoms with E-state index in [1.165, 1.54) is 0 Å². The molecule has 1 atom stereocenters. The number of aliphatic carboxylic acids is 2. The van der Waals surface area contributed by atoms with Crippen LogP contribution in [0.25, 0.3) is 0 Å². The smallest absolute Gasteiger partial charge is 0.368 e. The predicted molar refractivity (Wildman–Crippen MR) is 50.0 cm³/mol. The summed E-state index contributed by atoms with van der Waals surface area (Å²) in [6.07, 6.45) is -0.424. The third-order valence-corrected chi connectivity index (χ3v) is 2.10. The summed E-state index contributed by atoms with van der Waals surface area (Å²) in [5.41, 5.74) is 2.31. The first kappa shape index (κ1) is 14.8. The molecule has 8 nitrogen and oxygen atoms in total. The fourth-order valence-corrected chi connectivity index (χ4v) is 1.03. The lowest BCUT2D eigenvalue weighted by atomic mass is 9.96. The fraction of sp³-hybridized carbons (Fsp3) is 0.750. The van der Waals surface area contributed by atoms with Gasteiger partial charge in [-0.3, -0.25) is 10.5 Å². The van der Waals surface area contributed by atoms with E-state index in [9.17, 15) is 14.7 Å². The van der Waals surface area contributed by atoms with E-state index in [0.717, 1.165) is 0 Å². The molecule has 1 unspecified atom stereocenters. The van der Waals surface area contributed by atoms with Crippen molar-refractivity contribution in [2.45, 2.75) is 37.2 Å². The third kappa shape index (κ3) is 3.74. The van der Waals surface area contributed by atoms with Gasteiger partial charge in [-0.05, 0) is 19.3 Å². The number of hydrogen-bond donors (Lipinski definition) is 6. The van der Waals surface area contributed by atoms with E-state index in [1.807, 2.05) is 0 Å². The van der Waals surface area contributed by atoms with Crippen LogP contribution in [0, 0.1) is 0 Å². The summed E-state index contributed by atoms with van der Waals surface area (Å²) in [5, 5.41) is 44.0. The van der Waals surface area contributed by atoms with Gasteiger partial charge in [-0.25, -0.2) is 4.79 Å². The number of hydrogen-bond acceptors (Lipinski definition) is 6. The Labute approximate surface area is 90.9 Å². The zero-order valence-electron chi connectivity index (χ0n) is 8.46. The molecule has 0 saturated heterocycles. The van der Waals surface area contributed by atoms with E-state index < -0.39 is 29.9 Å². The molecule has 0 saturated carbocycles. The molecule has 0 fully saturated rings. The average molecular weight is 237 g/mol. The Balaban J connectivity index is 4.24. The van der Waals surface area contributed by atoms with Crippen molar-refractivity contribution in [1.82, 2.24) is 0 Å². The Morgan fingerprint density at radius 1 is 1.06 bits per heavy atom. The normalized spacial score (nSPS) is 15.5. The van der Waals surface area contributed by atoms with Crippen LogP contribution >= 0.6 is 0 Å². The molecular weight excluding hydrogens is 222 g/mol. The Hall–Kier alpha value is -1.22. The van der Waals surface area contributed by atoms with E-state index in [1.54, 1.807) is 0 Å². The summed E-state index contributed by atoms with van der Waals surface area (Å²) in [7, 11) is 0. The van der Waals surface area contributed by atoms with Crippen LogP contribution in [0.5, 0.6) is 0 Å². The zero-order valence-corrected chi connectivity index (χ0v) is 8.46. The molecule has 0 aliphatic rings. The molecular formula is C8H15NO7. The van der Waals surface area contributed by atoms with Crippen molar-refractivity contribution in [3.63, 3.8) is 0 Å². The first-order valence-corrected chi connectivity index (χ1v) is 4.52. The summed E-state index contributed by atoms with van der Waals surface area (Å²) in [6.45, 7) is 0. The minimum atomic E-state index is -3.46. The van der Waals surface area contributed by atoms with Gasteiger partial charge in [0.2, 0.25) is 0 Å². The van der Waals surface area contributed by atoms with Gasteiger partial charge in [0.1, 0.15) is 0 Å². The molecule has 0 aromatic carbocycles. The van der Waals surface area contributed by atoms with Crippen LogP contribution in [-0.4, -0.2) is 49.0 Å². The van der Waals surface area contributed by atoms with E-state index in [2.05, 4.69) is 0 Å². The molecule has 7 N–H and O–H groups in total. The second-order valence-electron chi connectivity index (χ2n) is 3.50. The summed E-state index contributed by atoms with van der Waals surface area (Å²) in [5.74, 6) is -6.58. The van der Waals surface area contributed by atoms with Crippen LogP contribution in [0.2, 0.25) is 0 Å². The van der Waals surface area contributed by atoms with Crippen molar-refractivity contribution in [3.8, 4) is 0 Å². The third-order valence-electron chi connectivity index (χ3n) is 2.10. The lowest BCUT2D eigenvalue weighted by Crippen LogP contribution is -2.65. The van der Waals surface area contributed by atoms with Gasteiger partial charge < -0.3 is 25.5 Å². The molecule has 0 amide bonds. The maximum atomic E-state index is 10.4. The molecule has 0 aromatic rings. The monoisotopic (exact) mass is 237 g/mol. The molecule has 0 aliphatic carbocycles. The van der Waals surface area contributed by atoms with E-state index in [-0.39, 0.29) is 19.3 Å². The molecule has 0 aliphatic heterocycles. The highest BCUT2D eigenvalue weighted by Crippen LogP contribution is 2.21. The molecule has 0 spiro atoms. The number of unbranched alkanes of at least 4 members (excludes halogenated alkanes) is 1. The summed E-state index contributed by atoms with van der Waals surface area (Å²) in [4.78, 5) is 20.5. The molecule has 0 rings (SSSR count). The van der Waals surface area contributed by atoms with Gasteiger partial charge in [0.15, 0.2) is 5.72 Å². The summed E-state index contributed by atoms with van der Waals surface area (Å²) >= 11 is 0. The molecule has 0 heterocycles. The second-order valence-corrected chi connectivity index (χ2v) is 3.50. The average Bonchev–Trinajstić information content (AvgIpc) is 2.11. The topological polar surface area (TPSA) is 161 Å². The SMILES string of the molecule is NC(O)(CCCCC(=O)O)C(O)(O)C(=O)O. The Morgan fingerprint density at radius 3 is 1.94 bits per heavy atom. The Bertz CT molecular complexity index is 274. The molecule has 8 heteroatoms. The lowest BCUT2D eigenvalue weighted by molar-refractivity contribution is -0.272. The Kier molecular flexibility index (Phi) is 4.81. The van der Waals surface area contributed by atoms with Crippen LogP contribution in [-0.2, 0) is 9.59 Å². The number of carboxylic acid groups (broad SMARTS) is 2. The van der Waals surface area contributed by atoms with Gasteiger partial charge in [0.05, 0.1) is 0 Å². The van der Waals surface area contributed by atoms with Gasteiger partial charge in [-0.1, -0.05) is 0 Å². The molecule has 16 heavy (non-hydrogen) atoms. The van der Waals surface area contributed by atoms with Crippen molar-refractivity contribution in [1.29, 1.82) is 0 Å². The standard InChI is InChI=1S/C8H15NO7/c9-7(14,8(15,16)6(12)13)4-2-1-3-5(10)11/h14-16H,1-4,9H2,(H,10,11)(H,12,13). The number of carbonyl (C=O) groups is 2. The van der Waals surface area contributed by atoms with Crippen LogP contribution in [0.1, 0.15) is 25.7 Å². The van der Waals surface area contributed by atoms with Gasteiger partial charge >= 0.3 is 17.7 Å². The van der Waals surface area contributed by atoms with Crippen molar-refractivity contribution < 1.29 is 35.1 Å². The number of nitrogens with two attached hydrogens (primary N) is 1. The highest BCUT2D eigenvalue weighted by molar-refractivity contribution is 5.76. The maximum Gasteiger partial charge on any atom is 0.368 e. The predicted octanol–water partition coefficient (Wildman–Crippen LogP) is -1.96. The van der Waals surface area contributed by atoms with Gasteiger partial charge in [-0.15, -0.1) is 0 Å². The van der Waals surface area contributed by atoms with Crippen LogP contribution in [0.15, 0.2) is 0 Å². The number of carboxylic acids is 2. The first-order chi connectivity index (χ1) is 7.11. The minimum absolute atomic E-state index is 0.0510. The summed E-state index contributed by atoms with van der Waals surface area (Å²) in [6, 6.07) is 0. The number of aliphatic hydroxyl groups is 3. The van der Waals surface area contributed by atoms with E-state index in [4.69, 9.17) is 26.2 Å². The lowest BCUT2D eigenvalue weighted by Gasteiger charge is -2.32. The molecule has 0 bridgehead atoms. The van der Waals surface area contributed by atoms with Crippen molar-refractivity contribution >= 4 is 11.9 Å². The largest absolute Gasteiger partial charge is 0.481 e. The van der Waals surface area contributed by atoms with Crippen molar-refractivity contribution in [2.75, 3.05) is 0 Å². The highest BCUT2D eigenvalue weighted by Gasteiger charge is 2.51. The second kappa shape index (κ2) is 5.21. The number of rotatable bonds is 7. The fourth-order valence-electron chi connectivity index (χ4n) is 1.03. The van der Waals surface area contributed by atoms with Crippen molar-refractivity contribution in [3.05, 3.63) is 0 Å². The quantitative estimate of drug-likeness (QED) is 0.220. The maximum absolute atomic E-state index is 10.4. The molecule has 0 aromatic heterocycles. The Morgan fingerprint density at radius 2 is 1.56 bits per heavy atom. The molecule has 0 radical (unpaired) electrons. The van der Waals surface area contributed by atoms with Crippen LogP contribution in [0.4, 0.5) is 0 Å². The van der Waals surface area contributed by atoms with Gasteiger partial charge in [-0.2, -0.15) is 0 Å². The zero-order chi connectivity index (χ0) is 13.0. The van der Waals surface area contributed by atoms with Gasteiger partial charge in [0.25, 0.3) is 0 Å². The minimum Gasteiger partial charge on any atom is -0.481 e. The van der Waals surface area contributed by atoms with Crippen LogP contribution < -0.4 is 5.73 Å².